The highest BCUT2D eigenvalue weighted by atomic mass is 35.5. The Morgan fingerprint density at radius 3 is 2.73 bits per heavy atom. The predicted molar refractivity (Wildman–Crippen MR) is 113 cm³/mol. The molecule has 2 unspecified atom stereocenters. The van der Waals surface area contributed by atoms with E-state index in [4.69, 9.17) is 21.1 Å². The molecule has 0 aliphatic carbocycles. The van der Waals surface area contributed by atoms with Crippen LogP contribution >= 0.6 is 11.6 Å². The molecule has 0 N–H and O–H groups in total. The van der Waals surface area contributed by atoms with E-state index in [2.05, 4.69) is 4.98 Å². The van der Waals surface area contributed by atoms with Crippen LogP contribution in [0.1, 0.15) is 19.3 Å². The van der Waals surface area contributed by atoms with E-state index < -0.39 is 0 Å². The third-order valence-corrected chi connectivity index (χ3v) is 5.86. The molecule has 0 saturated carbocycles. The number of anilines is 1. The molecular formula is C22H24ClN3O4. The fourth-order valence-electron chi connectivity index (χ4n) is 4.02. The van der Waals surface area contributed by atoms with E-state index in [0.29, 0.717) is 30.4 Å². The topological polar surface area (TPSA) is 72.0 Å². The Bertz CT molecular complexity index is 921. The number of carbonyl (C=O) groups is 2. The molecule has 3 heterocycles. The Morgan fingerprint density at radius 2 is 2.00 bits per heavy atom. The van der Waals surface area contributed by atoms with Gasteiger partial charge >= 0.3 is 0 Å². The molecule has 2 aliphatic rings. The third kappa shape index (κ3) is 4.36. The predicted octanol–water partition coefficient (Wildman–Crippen LogP) is 3.17. The zero-order valence-electron chi connectivity index (χ0n) is 16.8. The van der Waals surface area contributed by atoms with E-state index >= 15 is 0 Å². The van der Waals surface area contributed by atoms with Gasteiger partial charge in [-0.25, -0.2) is 0 Å². The monoisotopic (exact) mass is 429 g/mol. The summed E-state index contributed by atoms with van der Waals surface area (Å²) >= 11 is 6.14. The number of hydrogen-bond acceptors (Lipinski definition) is 5. The molecule has 158 valence electrons. The van der Waals surface area contributed by atoms with Crippen LogP contribution in [0.5, 0.6) is 11.5 Å². The first-order valence-electron chi connectivity index (χ1n) is 10.0. The van der Waals surface area contributed by atoms with Crippen LogP contribution in [-0.2, 0) is 9.59 Å². The smallest absolute Gasteiger partial charge is 0.228 e. The molecule has 7 nitrogen and oxygen atoms in total. The lowest BCUT2D eigenvalue weighted by atomic mass is 10.0. The summed E-state index contributed by atoms with van der Waals surface area (Å²) < 4.78 is 11.2. The molecule has 2 aromatic rings. The van der Waals surface area contributed by atoms with Crippen LogP contribution in [-0.4, -0.2) is 54.5 Å². The fourth-order valence-corrected chi connectivity index (χ4v) is 4.18. The minimum atomic E-state index is -0.345. The molecule has 2 fully saturated rings. The number of rotatable bonds is 5. The second-order valence-corrected chi connectivity index (χ2v) is 7.98. The maximum absolute atomic E-state index is 13.1. The van der Waals surface area contributed by atoms with Crippen LogP contribution in [0, 0.1) is 5.92 Å². The maximum atomic E-state index is 13.1. The molecule has 2 saturated heterocycles. The molecule has 1 aromatic heterocycles. The van der Waals surface area contributed by atoms with E-state index in [1.54, 1.807) is 30.5 Å². The normalized spacial score (nSPS) is 21.6. The number of halogens is 1. The van der Waals surface area contributed by atoms with Gasteiger partial charge in [0.2, 0.25) is 11.8 Å². The zero-order valence-corrected chi connectivity index (χ0v) is 17.5. The average Bonchev–Trinajstić information content (AvgIpc) is 3.16. The molecule has 2 aliphatic heterocycles. The number of piperidine rings is 1. The lowest BCUT2D eigenvalue weighted by molar-refractivity contribution is -0.138. The summed E-state index contributed by atoms with van der Waals surface area (Å²) in [7, 11) is 1.60. The summed E-state index contributed by atoms with van der Waals surface area (Å²) in [5, 5.41) is 0.456. The number of hydrogen-bond donors (Lipinski definition) is 0. The fraction of sp³-hybridized carbons (Fsp3) is 0.409. The summed E-state index contributed by atoms with van der Waals surface area (Å²) in [5.41, 5.74) is 0.781. The van der Waals surface area contributed by atoms with Gasteiger partial charge in [0.25, 0.3) is 0 Å². The van der Waals surface area contributed by atoms with Crippen molar-refractivity contribution in [2.75, 3.05) is 31.6 Å². The van der Waals surface area contributed by atoms with E-state index in [-0.39, 0.29) is 30.3 Å². The quantitative estimate of drug-likeness (QED) is 0.730. The molecule has 8 heteroatoms. The minimum Gasteiger partial charge on any atom is -0.497 e. The molecule has 1 aromatic carbocycles. The second kappa shape index (κ2) is 8.92. The molecule has 30 heavy (non-hydrogen) atoms. The second-order valence-electron chi connectivity index (χ2n) is 7.58. The molecule has 2 amide bonds. The van der Waals surface area contributed by atoms with Crippen molar-refractivity contribution in [3.8, 4) is 11.5 Å². The summed E-state index contributed by atoms with van der Waals surface area (Å²) in [6.07, 6.45) is 4.97. The van der Waals surface area contributed by atoms with Crippen molar-refractivity contribution >= 4 is 29.1 Å². The largest absolute Gasteiger partial charge is 0.497 e. The van der Waals surface area contributed by atoms with Gasteiger partial charge in [0.05, 0.1) is 19.6 Å². The van der Waals surface area contributed by atoms with Crippen LogP contribution in [0.4, 0.5) is 5.69 Å². The number of nitrogens with zero attached hydrogens (tertiary/aromatic N) is 3. The first-order valence-corrected chi connectivity index (χ1v) is 10.4. The first kappa shape index (κ1) is 20.5. The van der Waals surface area contributed by atoms with Gasteiger partial charge in [-0.3, -0.25) is 14.6 Å². The SMILES string of the molecule is COc1ccc(N2CC(C(=O)N3CCCC(Oc4ccncc4Cl)C3)CC2=O)cc1. The number of amides is 2. The Kier molecular flexibility index (Phi) is 6.08. The van der Waals surface area contributed by atoms with Gasteiger partial charge in [-0.1, -0.05) is 11.6 Å². The summed E-state index contributed by atoms with van der Waals surface area (Å²) in [6.45, 7) is 1.56. The van der Waals surface area contributed by atoms with Crippen LogP contribution in [0.2, 0.25) is 5.02 Å². The van der Waals surface area contributed by atoms with E-state index in [0.717, 1.165) is 24.3 Å². The highest BCUT2D eigenvalue weighted by Gasteiger charge is 2.38. The lowest BCUT2D eigenvalue weighted by Crippen LogP contribution is -2.47. The van der Waals surface area contributed by atoms with E-state index in [9.17, 15) is 9.59 Å². The van der Waals surface area contributed by atoms with Crippen molar-refractivity contribution < 1.29 is 19.1 Å². The van der Waals surface area contributed by atoms with E-state index in [1.807, 2.05) is 29.2 Å². The van der Waals surface area contributed by atoms with Crippen molar-refractivity contribution in [3.63, 3.8) is 0 Å². The van der Waals surface area contributed by atoms with Gasteiger partial charge in [-0.15, -0.1) is 0 Å². The molecule has 0 radical (unpaired) electrons. The Labute approximate surface area is 180 Å². The summed E-state index contributed by atoms with van der Waals surface area (Å²) in [5.74, 6) is 0.933. The van der Waals surface area contributed by atoms with Crippen LogP contribution in [0.3, 0.4) is 0 Å². The molecule has 0 spiro atoms. The highest BCUT2D eigenvalue weighted by Crippen LogP contribution is 2.30. The van der Waals surface area contributed by atoms with Gasteiger partial charge in [-0.2, -0.15) is 0 Å². The highest BCUT2D eigenvalue weighted by molar-refractivity contribution is 6.31. The number of aromatic nitrogens is 1. The van der Waals surface area contributed by atoms with Crippen LogP contribution in [0.15, 0.2) is 42.7 Å². The van der Waals surface area contributed by atoms with Gasteiger partial charge < -0.3 is 19.3 Å². The van der Waals surface area contributed by atoms with Gasteiger partial charge in [0.15, 0.2) is 0 Å². The summed E-state index contributed by atoms with van der Waals surface area (Å²) in [4.78, 5) is 33.1. The van der Waals surface area contributed by atoms with Gasteiger partial charge in [0.1, 0.15) is 22.6 Å². The molecule has 2 atom stereocenters. The summed E-state index contributed by atoms with van der Waals surface area (Å²) in [6, 6.07) is 9.04. The molecule has 0 bridgehead atoms. The Balaban J connectivity index is 1.39. The first-order chi connectivity index (χ1) is 14.5. The number of benzene rings is 1. The van der Waals surface area contributed by atoms with Crippen LogP contribution < -0.4 is 14.4 Å². The van der Waals surface area contributed by atoms with Crippen molar-refractivity contribution in [2.45, 2.75) is 25.4 Å². The van der Waals surface area contributed by atoms with Crippen molar-refractivity contribution in [2.24, 2.45) is 5.92 Å². The van der Waals surface area contributed by atoms with E-state index in [1.165, 1.54) is 0 Å². The van der Waals surface area contributed by atoms with Crippen molar-refractivity contribution in [3.05, 3.63) is 47.7 Å². The maximum Gasteiger partial charge on any atom is 0.228 e. The van der Waals surface area contributed by atoms with Gasteiger partial charge in [-0.05, 0) is 37.1 Å². The Morgan fingerprint density at radius 1 is 1.20 bits per heavy atom. The average molecular weight is 430 g/mol. The van der Waals surface area contributed by atoms with Crippen molar-refractivity contribution in [1.82, 2.24) is 9.88 Å². The standard InChI is InChI=1S/C22H24ClN3O4/c1-29-17-6-4-16(5-7-17)26-13-15(11-21(26)27)22(28)25-10-2-3-18(14-25)30-20-8-9-24-12-19(20)23/h4-9,12,15,18H,2-3,10-11,13-14H2,1H3. The van der Waals surface area contributed by atoms with Crippen LogP contribution in [0.25, 0.3) is 0 Å². The van der Waals surface area contributed by atoms with Crippen molar-refractivity contribution in [1.29, 1.82) is 0 Å². The third-order valence-electron chi connectivity index (χ3n) is 5.58. The minimum absolute atomic E-state index is 0.00786. The molecular weight excluding hydrogens is 406 g/mol. The number of methoxy groups -OCH3 is 1. The Hall–Kier alpha value is -2.80. The number of ether oxygens (including phenoxy) is 2. The number of likely N-dealkylation sites (tertiary alicyclic amines) is 1. The lowest BCUT2D eigenvalue weighted by Gasteiger charge is -2.34. The zero-order chi connectivity index (χ0) is 21.1. The molecule has 4 rings (SSSR count). The number of pyridine rings is 1. The van der Waals surface area contributed by atoms with Gasteiger partial charge in [0, 0.05) is 43.7 Å². The number of carbonyl (C=O) groups excluding carboxylic acids is 2.